The van der Waals surface area contributed by atoms with Crippen LogP contribution in [0.5, 0.6) is 5.75 Å². The number of nitrogens with one attached hydrogen (secondary N) is 1. The highest BCUT2D eigenvalue weighted by Gasteiger charge is 2.15. The zero-order chi connectivity index (χ0) is 20.1. The van der Waals surface area contributed by atoms with Crippen molar-refractivity contribution in [2.24, 2.45) is 0 Å². The van der Waals surface area contributed by atoms with Crippen molar-refractivity contribution in [3.63, 3.8) is 0 Å². The van der Waals surface area contributed by atoms with Gasteiger partial charge in [0, 0.05) is 5.56 Å². The number of aromatic nitrogens is 2. The van der Waals surface area contributed by atoms with Gasteiger partial charge in [-0.1, -0.05) is 53.8 Å². The van der Waals surface area contributed by atoms with Gasteiger partial charge in [-0.25, -0.2) is 0 Å². The quantitative estimate of drug-likeness (QED) is 0.509. The number of furan rings is 1. The summed E-state index contributed by atoms with van der Waals surface area (Å²) in [5.74, 6) is 0.628. The highest BCUT2D eigenvalue weighted by molar-refractivity contribution is 7.18. The summed E-state index contributed by atoms with van der Waals surface area (Å²) in [6, 6.07) is 21.8. The first kappa shape index (κ1) is 18.4. The van der Waals surface area contributed by atoms with Crippen molar-refractivity contribution in [1.29, 1.82) is 5.26 Å². The van der Waals surface area contributed by atoms with E-state index in [0.29, 0.717) is 27.2 Å². The zero-order valence-corrected chi connectivity index (χ0v) is 15.8. The Kier molecular flexibility index (Phi) is 5.31. The van der Waals surface area contributed by atoms with Crippen LogP contribution in [0.3, 0.4) is 0 Å². The standard InChI is InChI=1S/C21H14N4O3S/c22-12-15-8-4-5-9-17(15)27-13-16-10-11-18(28-16)19(26)23-21-25-24-20(29-21)14-6-2-1-3-7-14/h1-11H,13H2,(H,23,25,26). The predicted octanol–water partition coefficient (Wildman–Crippen LogP) is 4.50. The number of benzene rings is 2. The van der Waals surface area contributed by atoms with Crippen molar-refractivity contribution in [3.05, 3.63) is 83.8 Å². The number of ether oxygens (including phenoxy) is 1. The molecule has 0 aliphatic heterocycles. The molecule has 1 N–H and O–H groups in total. The summed E-state index contributed by atoms with van der Waals surface area (Å²) < 4.78 is 11.2. The second-order valence-corrected chi connectivity index (χ2v) is 6.87. The molecule has 0 fully saturated rings. The molecule has 2 aromatic carbocycles. The van der Waals surface area contributed by atoms with E-state index in [-0.39, 0.29) is 12.4 Å². The van der Waals surface area contributed by atoms with Crippen LogP contribution in [0.2, 0.25) is 0 Å². The maximum Gasteiger partial charge on any atom is 0.293 e. The van der Waals surface area contributed by atoms with E-state index < -0.39 is 5.91 Å². The average molecular weight is 402 g/mol. The van der Waals surface area contributed by atoms with Crippen LogP contribution in [0.1, 0.15) is 21.9 Å². The molecule has 0 saturated heterocycles. The molecule has 4 aromatic rings. The van der Waals surface area contributed by atoms with Gasteiger partial charge >= 0.3 is 0 Å². The van der Waals surface area contributed by atoms with Gasteiger partial charge in [0.1, 0.15) is 29.2 Å². The normalized spacial score (nSPS) is 10.3. The van der Waals surface area contributed by atoms with Crippen LogP contribution in [-0.4, -0.2) is 16.1 Å². The fourth-order valence-corrected chi connectivity index (χ4v) is 3.29. The number of nitriles is 1. The maximum absolute atomic E-state index is 12.4. The second kappa shape index (κ2) is 8.37. The van der Waals surface area contributed by atoms with E-state index in [4.69, 9.17) is 14.4 Å². The Morgan fingerprint density at radius 1 is 1.07 bits per heavy atom. The lowest BCUT2D eigenvalue weighted by Crippen LogP contribution is -2.10. The van der Waals surface area contributed by atoms with Crippen molar-refractivity contribution >= 4 is 22.4 Å². The SMILES string of the molecule is N#Cc1ccccc1OCc1ccc(C(=O)Nc2nnc(-c3ccccc3)s2)o1. The minimum absolute atomic E-state index is 0.100. The molecule has 2 aromatic heterocycles. The lowest BCUT2D eigenvalue weighted by Gasteiger charge is -2.05. The number of hydrogen-bond donors (Lipinski definition) is 1. The van der Waals surface area contributed by atoms with Gasteiger partial charge in [0.15, 0.2) is 5.76 Å². The van der Waals surface area contributed by atoms with Gasteiger partial charge in [0.05, 0.1) is 5.56 Å². The van der Waals surface area contributed by atoms with Crippen molar-refractivity contribution in [2.75, 3.05) is 5.32 Å². The highest BCUT2D eigenvalue weighted by atomic mass is 32.1. The first-order valence-corrected chi connectivity index (χ1v) is 9.45. The molecule has 0 aliphatic carbocycles. The van der Waals surface area contributed by atoms with Crippen LogP contribution < -0.4 is 10.1 Å². The lowest BCUT2D eigenvalue weighted by atomic mass is 10.2. The number of anilines is 1. The third kappa shape index (κ3) is 4.31. The molecule has 1 amide bonds. The summed E-state index contributed by atoms with van der Waals surface area (Å²) in [6.45, 7) is 0.100. The number of nitrogens with zero attached hydrogens (tertiary/aromatic N) is 3. The summed E-state index contributed by atoms with van der Waals surface area (Å²) >= 11 is 1.28. The van der Waals surface area contributed by atoms with Gasteiger partial charge in [-0.05, 0) is 24.3 Å². The molecule has 2 heterocycles. The third-order valence-corrected chi connectivity index (χ3v) is 4.82. The topological polar surface area (TPSA) is 101 Å². The molecule has 0 aliphatic rings. The van der Waals surface area contributed by atoms with Crippen molar-refractivity contribution in [2.45, 2.75) is 6.61 Å². The molecular weight excluding hydrogens is 388 g/mol. The van der Waals surface area contributed by atoms with Crippen LogP contribution >= 0.6 is 11.3 Å². The summed E-state index contributed by atoms with van der Waals surface area (Å²) in [6.07, 6.45) is 0. The van der Waals surface area contributed by atoms with Gasteiger partial charge in [0.2, 0.25) is 5.13 Å². The van der Waals surface area contributed by atoms with Crippen molar-refractivity contribution in [1.82, 2.24) is 10.2 Å². The molecule has 142 valence electrons. The van der Waals surface area contributed by atoms with E-state index in [0.717, 1.165) is 5.56 Å². The van der Waals surface area contributed by atoms with Crippen LogP contribution in [0, 0.1) is 11.3 Å². The maximum atomic E-state index is 12.4. The minimum atomic E-state index is -0.426. The molecule has 4 rings (SSSR count). The van der Waals surface area contributed by atoms with Crippen LogP contribution in [0.4, 0.5) is 5.13 Å². The molecule has 0 radical (unpaired) electrons. The molecule has 7 nitrogen and oxygen atoms in total. The fraction of sp³-hybridized carbons (Fsp3) is 0.0476. The van der Waals surface area contributed by atoms with E-state index in [1.165, 1.54) is 11.3 Å². The van der Waals surface area contributed by atoms with E-state index in [9.17, 15) is 4.79 Å². The van der Waals surface area contributed by atoms with Crippen LogP contribution in [0.15, 0.2) is 71.1 Å². The molecule has 0 atom stereocenters. The fourth-order valence-electron chi connectivity index (χ4n) is 2.54. The molecule has 0 unspecified atom stereocenters. The summed E-state index contributed by atoms with van der Waals surface area (Å²) in [5, 5.41) is 21.0. The van der Waals surface area contributed by atoms with Crippen molar-refractivity contribution < 1.29 is 13.9 Å². The molecule has 29 heavy (non-hydrogen) atoms. The largest absolute Gasteiger partial charge is 0.484 e. The van der Waals surface area contributed by atoms with Crippen LogP contribution in [0.25, 0.3) is 10.6 Å². The van der Waals surface area contributed by atoms with E-state index in [2.05, 4.69) is 21.6 Å². The Hall–Kier alpha value is -3.96. The Morgan fingerprint density at radius 3 is 2.69 bits per heavy atom. The number of para-hydroxylation sites is 1. The van der Waals surface area contributed by atoms with Gasteiger partial charge in [0.25, 0.3) is 5.91 Å². The molecule has 0 saturated carbocycles. The van der Waals surface area contributed by atoms with Gasteiger partial charge in [-0.2, -0.15) is 5.26 Å². The second-order valence-electron chi connectivity index (χ2n) is 5.90. The predicted molar refractivity (Wildman–Crippen MR) is 107 cm³/mol. The van der Waals surface area contributed by atoms with Crippen molar-refractivity contribution in [3.8, 4) is 22.4 Å². The smallest absolute Gasteiger partial charge is 0.293 e. The Morgan fingerprint density at radius 2 is 1.86 bits per heavy atom. The zero-order valence-electron chi connectivity index (χ0n) is 15.0. The van der Waals surface area contributed by atoms with E-state index in [1.54, 1.807) is 36.4 Å². The number of amides is 1. The van der Waals surface area contributed by atoms with E-state index in [1.807, 2.05) is 30.3 Å². The Labute approximate surface area is 170 Å². The highest BCUT2D eigenvalue weighted by Crippen LogP contribution is 2.26. The first-order valence-electron chi connectivity index (χ1n) is 8.64. The molecule has 8 heteroatoms. The Balaban J connectivity index is 1.39. The lowest BCUT2D eigenvalue weighted by molar-refractivity contribution is 0.0992. The van der Waals surface area contributed by atoms with Gasteiger partial charge in [-0.3, -0.25) is 10.1 Å². The minimum Gasteiger partial charge on any atom is -0.484 e. The summed E-state index contributed by atoms with van der Waals surface area (Å²) in [7, 11) is 0. The van der Waals surface area contributed by atoms with E-state index >= 15 is 0 Å². The first-order chi connectivity index (χ1) is 14.2. The Bertz CT molecular complexity index is 1180. The number of carbonyl (C=O) groups is 1. The molecule has 0 bridgehead atoms. The van der Waals surface area contributed by atoms with Gasteiger partial charge < -0.3 is 9.15 Å². The number of hydrogen-bond acceptors (Lipinski definition) is 7. The summed E-state index contributed by atoms with van der Waals surface area (Å²) in [4.78, 5) is 12.4. The number of carbonyl (C=O) groups excluding carboxylic acids is 1. The molecule has 0 spiro atoms. The average Bonchev–Trinajstić information content (AvgIpc) is 3.43. The third-order valence-electron chi connectivity index (χ3n) is 3.93. The van der Waals surface area contributed by atoms with Crippen LogP contribution in [-0.2, 0) is 6.61 Å². The van der Waals surface area contributed by atoms with Gasteiger partial charge in [-0.15, -0.1) is 10.2 Å². The number of rotatable bonds is 6. The monoisotopic (exact) mass is 402 g/mol. The molecular formula is C21H14N4O3S. The summed E-state index contributed by atoms with van der Waals surface area (Å²) in [5.41, 5.74) is 1.36.